The second kappa shape index (κ2) is 4.96. The number of hydrogen-bond acceptors (Lipinski definition) is 3. The zero-order chi connectivity index (χ0) is 13.3. The fourth-order valence-electron chi connectivity index (χ4n) is 1.60. The van der Waals surface area contributed by atoms with Crippen molar-refractivity contribution in [3.05, 3.63) is 55.7 Å². The molecule has 0 N–H and O–H groups in total. The van der Waals surface area contributed by atoms with E-state index in [1.165, 1.54) is 4.68 Å². The minimum Gasteiger partial charge on any atom is -0.358 e. The lowest BCUT2D eigenvalue weighted by Gasteiger charge is -2.02. The Kier molecular flexibility index (Phi) is 3.54. The molecule has 0 aliphatic heterocycles. The van der Waals surface area contributed by atoms with Crippen LogP contribution in [0.25, 0.3) is 0 Å². The molecule has 5 nitrogen and oxygen atoms in total. The summed E-state index contributed by atoms with van der Waals surface area (Å²) in [4.78, 5) is 10.2. The Morgan fingerprint density at radius 3 is 2.72 bits per heavy atom. The number of rotatable bonds is 3. The maximum atomic E-state index is 10.7. The van der Waals surface area contributed by atoms with Crippen LogP contribution in [0, 0.1) is 17.0 Å². The standard InChI is InChI=1S/C11H9Cl2N3O2/c1-7-5-15(14-11(7)16(17)18)6-8-2-3-9(12)4-10(8)13/h2-5H,6H2,1H3. The van der Waals surface area contributed by atoms with Gasteiger partial charge >= 0.3 is 5.82 Å². The molecule has 0 aliphatic carbocycles. The molecule has 1 aromatic heterocycles. The smallest absolute Gasteiger partial charge is 0.358 e. The Balaban J connectivity index is 2.29. The zero-order valence-electron chi connectivity index (χ0n) is 9.43. The molecular weight excluding hydrogens is 277 g/mol. The lowest BCUT2D eigenvalue weighted by atomic mass is 10.2. The summed E-state index contributed by atoms with van der Waals surface area (Å²) in [6.45, 7) is 2.01. The van der Waals surface area contributed by atoms with Crippen molar-refractivity contribution in [2.75, 3.05) is 0 Å². The molecule has 0 bridgehead atoms. The molecule has 0 saturated carbocycles. The monoisotopic (exact) mass is 285 g/mol. The number of aryl methyl sites for hydroxylation is 1. The highest BCUT2D eigenvalue weighted by molar-refractivity contribution is 6.35. The van der Waals surface area contributed by atoms with Crippen molar-refractivity contribution < 1.29 is 4.92 Å². The molecule has 1 aromatic carbocycles. The minimum atomic E-state index is -0.505. The molecule has 0 radical (unpaired) electrons. The Bertz CT molecular complexity index is 610. The molecule has 0 saturated heterocycles. The third kappa shape index (κ3) is 2.63. The van der Waals surface area contributed by atoms with Gasteiger partial charge in [-0.2, -0.15) is 4.68 Å². The van der Waals surface area contributed by atoms with Gasteiger partial charge in [0.1, 0.15) is 0 Å². The van der Waals surface area contributed by atoms with Gasteiger partial charge in [0, 0.05) is 10.0 Å². The molecule has 94 valence electrons. The van der Waals surface area contributed by atoms with Gasteiger partial charge in [0.2, 0.25) is 0 Å². The minimum absolute atomic E-state index is 0.139. The van der Waals surface area contributed by atoms with Crippen molar-refractivity contribution in [3.63, 3.8) is 0 Å². The van der Waals surface area contributed by atoms with E-state index in [1.807, 2.05) is 0 Å². The first-order valence-electron chi connectivity index (χ1n) is 5.10. The van der Waals surface area contributed by atoms with Gasteiger partial charge in [-0.25, -0.2) is 0 Å². The summed E-state index contributed by atoms with van der Waals surface area (Å²) in [6, 6.07) is 5.12. The fourth-order valence-corrected chi connectivity index (χ4v) is 2.06. The van der Waals surface area contributed by atoms with Crippen LogP contribution in [-0.4, -0.2) is 14.7 Å². The van der Waals surface area contributed by atoms with Crippen molar-refractivity contribution in [2.24, 2.45) is 0 Å². The number of benzene rings is 1. The van der Waals surface area contributed by atoms with Crippen LogP contribution >= 0.6 is 23.2 Å². The van der Waals surface area contributed by atoms with Crippen molar-refractivity contribution in [1.29, 1.82) is 0 Å². The van der Waals surface area contributed by atoms with E-state index < -0.39 is 4.92 Å². The summed E-state index contributed by atoms with van der Waals surface area (Å²) < 4.78 is 1.49. The van der Waals surface area contributed by atoms with Gasteiger partial charge in [0.15, 0.2) is 0 Å². The summed E-state index contributed by atoms with van der Waals surface area (Å²) in [5.74, 6) is -0.139. The lowest BCUT2D eigenvalue weighted by molar-refractivity contribution is -0.390. The highest BCUT2D eigenvalue weighted by Gasteiger charge is 2.17. The van der Waals surface area contributed by atoms with Crippen LogP contribution in [0.4, 0.5) is 5.82 Å². The quantitative estimate of drug-likeness (QED) is 0.641. The number of nitrogens with zero attached hydrogens (tertiary/aromatic N) is 3. The van der Waals surface area contributed by atoms with Gasteiger partial charge in [-0.15, -0.1) is 0 Å². The van der Waals surface area contributed by atoms with E-state index >= 15 is 0 Å². The van der Waals surface area contributed by atoms with Gasteiger partial charge in [-0.1, -0.05) is 29.3 Å². The van der Waals surface area contributed by atoms with Crippen LogP contribution in [0.1, 0.15) is 11.1 Å². The van der Waals surface area contributed by atoms with E-state index in [0.717, 1.165) is 5.56 Å². The van der Waals surface area contributed by atoms with E-state index in [0.29, 0.717) is 22.2 Å². The zero-order valence-corrected chi connectivity index (χ0v) is 10.9. The van der Waals surface area contributed by atoms with Gasteiger partial charge in [0.05, 0.1) is 23.4 Å². The summed E-state index contributed by atoms with van der Waals surface area (Å²) in [7, 11) is 0. The van der Waals surface area contributed by atoms with Gasteiger partial charge in [-0.05, 0) is 29.5 Å². The van der Waals surface area contributed by atoms with Crippen molar-refractivity contribution in [1.82, 2.24) is 9.78 Å². The van der Waals surface area contributed by atoms with Crippen molar-refractivity contribution >= 4 is 29.0 Å². The average Bonchev–Trinajstić information content (AvgIpc) is 2.64. The number of halogens is 2. The first-order valence-corrected chi connectivity index (χ1v) is 5.85. The Morgan fingerprint density at radius 2 is 2.17 bits per heavy atom. The predicted octanol–water partition coefficient (Wildman–Crippen LogP) is 3.45. The summed E-state index contributed by atoms with van der Waals surface area (Å²) in [6.07, 6.45) is 1.61. The Labute approximate surface area is 113 Å². The molecule has 2 rings (SSSR count). The van der Waals surface area contributed by atoms with Crippen molar-refractivity contribution in [3.8, 4) is 0 Å². The SMILES string of the molecule is Cc1cn(Cc2ccc(Cl)cc2Cl)nc1[N+](=O)[O-]. The molecule has 0 spiro atoms. The van der Waals surface area contributed by atoms with Crippen molar-refractivity contribution in [2.45, 2.75) is 13.5 Å². The van der Waals surface area contributed by atoms with Crippen LogP contribution in [0.15, 0.2) is 24.4 Å². The highest BCUT2D eigenvalue weighted by atomic mass is 35.5. The molecule has 0 atom stereocenters. The summed E-state index contributed by atoms with van der Waals surface area (Å²) in [5, 5.41) is 15.6. The Hall–Kier alpha value is -1.59. The predicted molar refractivity (Wildman–Crippen MR) is 69.2 cm³/mol. The number of hydrogen-bond donors (Lipinski definition) is 0. The molecule has 0 fully saturated rings. The van der Waals surface area contributed by atoms with Crippen LogP contribution in [0.5, 0.6) is 0 Å². The van der Waals surface area contributed by atoms with Gasteiger partial charge < -0.3 is 10.1 Å². The average molecular weight is 286 g/mol. The van der Waals surface area contributed by atoms with E-state index in [1.54, 1.807) is 31.3 Å². The van der Waals surface area contributed by atoms with Crippen LogP contribution in [0.2, 0.25) is 10.0 Å². The maximum absolute atomic E-state index is 10.7. The van der Waals surface area contributed by atoms with E-state index in [4.69, 9.17) is 23.2 Å². The molecule has 0 aliphatic rings. The maximum Gasteiger partial charge on any atom is 0.392 e. The summed E-state index contributed by atoms with van der Waals surface area (Å²) >= 11 is 11.8. The molecule has 7 heteroatoms. The molecule has 0 amide bonds. The second-order valence-corrected chi connectivity index (χ2v) is 4.67. The molecule has 2 aromatic rings. The molecule has 0 unspecified atom stereocenters. The molecule has 1 heterocycles. The fraction of sp³-hybridized carbons (Fsp3) is 0.182. The second-order valence-electron chi connectivity index (χ2n) is 3.83. The van der Waals surface area contributed by atoms with Crippen LogP contribution in [0.3, 0.4) is 0 Å². The van der Waals surface area contributed by atoms with E-state index in [-0.39, 0.29) is 5.82 Å². The van der Waals surface area contributed by atoms with E-state index in [2.05, 4.69) is 5.10 Å². The first-order chi connectivity index (χ1) is 8.47. The molecular formula is C11H9Cl2N3O2. The summed E-state index contributed by atoms with van der Waals surface area (Å²) in [5.41, 5.74) is 1.32. The number of nitro groups is 1. The van der Waals surface area contributed by atoms with E-state index in [9.17, 15) is 10.1 Å². The Morgan fingerprint density at radius 1 is 1.44 bits per heavy atom. The molecule has 18 heavy (non-hydrogen) atoms. The first kappa shape index (κ1) is 12.9. The highest BCUT2D eigenvalue weighted by Crippen LogP contribution is 2.22. The van der Waals surface area contributed by atoms with Crippen LogP contribution < -0.4 is 0 Å². The number of aromatic nitrogens is 2. The lowest BCUT2D eigenvalue weighted by Crippen LogP contribution is -2.01. The third-order valence-corrected chi connectivity index (χ3v) is 3.03. The topological polar surface area (TPSA) is 61.0 Å². The van der Waals surface area contributed by atoms with Gasteiger partial charge in [0.25, 0.3) is 0 Å². The third-order valence-electron chi connectivity index (χ3n) is 2.44. The largest absolute Gasteiger partial charge is 0.392 e. The normalized spacial score (nSPS) is 10.6. The van der Waals surface area contributed by atoms with Crippen LogP contribution in [-0.2, 0) is 6.54 Å². The van der Waals surface area contributed by atoms with Gasteiger partial charge in [-0.3, -0.25) is 0 Å².